The van der Waals surface area contributed by atoms with Crippen LogP contribution in [0.25, 0.3) is 0 Å². The van der Waals surface area contributed by atoms with E-state index in [2.05, 4.69) is 25.1 Å². The zero-order chi connectivity index (χ0) is 13.1. The Morgan fingerprint density at radius 3 is 3.00 bits per heavy atom. The van der Waals surface area contributed by atoms with Crippen LogP contribution < -0.4 is 0 Å². The second-order valence-electron chi connectivity index (χ2n) is 5.05. The Morgan fingerprint density at radius 2 is 2.28 bits per heavy atom. The van der Waals surface area contributed by atoms with Gasteiger partial charge in [-0.2, -0.15) is 0 Å². The molecule has 1 aromatic carbocycles. The molecule has 1 heterocycles. The average Bonchev–Trinajstić information content (AvgIpc) is 2.28. The van der Waals surface area contributed by atoms with Crippen LogP contribution in [-0.2, 0) is 20.7 Å². The summed E-state index contributed by atoms with van der Waals surface area (Å²) in [7, 11) is 0. The number of rotatable bonds is 3. The number of aryl methyl sites for hydroxylation is 1. The van der Waals surface area contributed by atoms with Gasteiger partial charge in [0.05, 0.1) is 25.2 Å². The van der Waals surface area contributed by atoms with Crippen LogP contribution in [0.5, 0.6) is 0 Å². The molecule has 2 rings (SSSR count). The number of carbonyl (C=O) groups excluding carboxylic acids is 1. The van der Waals surface area contributed by atoms with E-state index in [0.717, 1.165) is 12.0 Å². The fourth-order valence-electron chi connectivity index (χ4n) is 2.27. The third-order valence-electron chi connectivity index (χ3n) is 3.06. The predicted octanol–water partition coefficient (Wildman–Crippen LogP) is 2.95. The fraction of sp³-hybridized carbons (Fsp3) is 0.533. The van der Waals surface area contributed by atoms with Crippen molar-refractivity contribution in [2.45, 2.75) is 45.8 Å². The minimum absolute atomic E-state index is 0.0712. The van der Waals surface area contributed by atoms with Gasteiger partial charge in [-0.3, -0.25) is 4.79 Å². The number of benzene rings is 1. The number of hydrogen-bond donors (Lipinski definition) is 0. The summed E-state index contributed by atoms with van der Waals surface area (Å²) in [4.78, 5) is 11.7. The van der Waals surface area contributed by atoms with Crippen LogP contribution in [0.1, 0.15) is 43.1 Å². The standard InChI is InChI=1S/C15H20O3/c1-10(2)18-15(16)9-14-13-8-11(3)4-5-12(13)6-7-17-14/h4-5,8,10,14H,6-7,9H2,1-3H3. The Balaban J connectivity index is 2.12. The third kappa shape index (κ3) is 3.10. The molecule has 0 saturated heterocycles. The van der Waals surface area contributed by atoms with Crippen molar-refractivity contribution < 1.29 is 14.3 Å². The zero-order valence-corrected chi connectivity index (χ0v) is 11.2. The maximum Gasteiger partial charge on any atom is 0.309 e. The smallest absolute Gasteiger partial charge is 0.309 e. The minimum atomic E-state index is -0.190. The molecule has 1 aliphatic heterocycles. The number of esters is 1. The van der Waals surface area contributed by atoms with Crippen LogP contribution >= 0.6 is 0 Å². The lowest BCUT2D eigenvalue weighted by Gasteiger charge is -2.26. The second-order valence-corrected chi connectivity index (χ2v) is 5.05. The maximum absolute atomic E-state index is 11.7. The highest BCUT2D eigenvalue weighted by atomic mass is 16.5. The number of hydrogen-bond acceptors (Lipinski definition) is 3. The first kappa shape index (κ1) is 13.1. The molecule has 0 fully saturated rings. The van der Waals surface area contributed by atoms with Gasteiger partial charge >= 0.3 is 5.97 Å². The van der Waals surface area contributed by atoms with Crippen LogP contribution in [0, 0.1) is 6.92 Å². The molecule has 0 bridgehead atoms. The average molecular weight is 248 g/mol. The molecular weight excluding hydrogens is 228 g/mol. The van der Waals surface area contributed by atoms with E-state index in [1.54, 1.807) is 0 Å². The summed E-state index contributed by atoms with van der Waals surface area (Å²) < 4.78 is 10.9. The van der Waals surface area contributed by atoms with Gasteiger partial charge in [0.15, 0.2) is 0 Å². The molecule has 0 spiro atoms. The van der Waals surface area contributed by atoms with Gasteiger partial charge in [-0.05, 0) is 38.3 Å². The monoisotopic (exact) mass is 248 g/mol. The molecule has 3 heteroatoms. The fourth-order valence-corrected chi connectivity index (χ4v) is 2.27. The van der Waals surface area contributed by atoms with E-state index >= 15 is 0 Å². The summed E-state index contributed by atoms with van der Waals surface area (Å²) in [5, 5.41) is 0. The van der Waals surface area contributed by atoms with E-state index < -0.39 is 0 Å². The van der Waals surface area contributed by atoms with Crippen LogP contribution in [0.4, 0.5) is 0 Å². The summed E-state index contributed by atoms with van der Waals surface area (Å²) in [6.45, 7) is 6.45. The SMILES string of the molecule is Cc1ccc2c(c1)C(CC(=O)OC(C)C)OCC2. The molecular formula is C15H20O3. The Labute approximate surface area is 108 Å². The zero-order valence-electron chi connectivity index (χ0n) is 11.2. The Morgan fingerprint density at radius 1 is 1.50 bits per heavy atom. The van der Waals surface area contributed by atoms with Crippen molar-refractivity contribution in [1.82, 2.24) is 0 Å². The molecule has 98 valence electrons. The van der Waals surface area contributed by atoms with Crippen LogP contribution in [0.2, 0.25) is 0 Å². The Kier molecular flexibility index (Phi) is 4.02. The van der Waals surface area contributed by atoms with Crippen molar-refractivity contribution in [3.05, 3.63) is 34.9 Å². The lowest BCUT2D eigenvalue weighted by Crippen LogP contribution is -2.21. The predicted molar refractivity (Wildman–Crippen MR) is 69.4 cm³/mol. The van der Waals surface area contributed by atoms with Crippen LogP contribution in [-0.4, -0.2) is 18.7 Å². The van der Waals surface area contributed by atoms with Crippen molar-refractivity contribution >= 4 is 5.97 Å². The molecule has 1 atom stereocenters. The first-order valence-corrected chi connectivity index (χ1v) is 6.47. The van der Waals surface area contributed by atoms with Crippen molar-refractivity contribution in [2.24, 2.45) is 0 Å². The summed E-state index contributed by atoms with van der Waals surface area (Å²) in [5.41, 5.74) is 3.62. The molecule has 0 amide bonds. The Hall–Kier alpha value is -1.35. The van der Waals surface area contributed by atoms with Crippen LogP contribution in [0.3, 0.4) is 0 Å². The van der Waals surface area contributed by atoms with E-state index in [0.29, 0.717) is 13.0 Å². The summed E-state index contributed by atoms with van der Waals surface area (Å²) in [5.74, 6) is -0.190. The summed E-state index contributed by atoms with van der Waals surface area (Å²) in [6.07, 6.45) is 0.998. The molecule has 0 saturated carbocycles. The highest BCUT2D eigenvalue weighted by Gasteiger charge is 2.24. The second kappa shape index (κ2) is 5.53. The quantitative estimate of drug-likeness (QED) is 0.771. The van der Waals surface area contributed by atoms with Gasteiger partial charge in [-0.15, -0.1) is 0 Å². The molecule has 18 heavy (non-hydrogen) atoms. The molecule has 0 N–H and O–H groups in total. The van der Waals surface area contributed by atoms with E-state index in [1.807, 2.05) is 13.8 Å². The number of ether oxygens (including phenoxy) is 2. The number of carbonyl (C=O) groups is 1. The molecule has 3 nitrogen and oxygen atoms in total. The summed E-state index contributed by atoms with van der Waals surface area (Å²) in [6, 6.07) is 6.35. The van der Waals surface area contributed by atoms with Crippen molar-refractivity contribution in [2.75, 3.05) is 6.61 Å². The molecule has 1 aliphatic rings. The summed E-state index contributed by atoms with van der Waals surface area (Å²) >= 11 is 0. The lowest BCUT2D eigenvalue weighted by molar-refractivity contribution is -0.151. The van der Waals surface area contributed by atoms with E-state index in [-0.39, 0.29) is 18.2 Å². The van der Waals surface area contributed by atoms with Crippen molar-refractivity contribution in [3.8, 4) is 0 Å². The minimum Gasteiger partial charge on any atom is -0.463 e. The van der Waals surface area contributed by atoms with Gasteiger partial charge in [0, 0.05) is 0 Å². The highest BCUT2D eigenvalue weighted by Crippen LogP contribution is 2.30. The van der Waals surface area contributed by atoms with Crippen LogP contribution in [0.15, 0.2) is 18.2 Å². The van der Waals surface area contributed by atoms with Gasteiger partial charge < -0.3 is 9.47 Å². The van der Waals surface area contributed by atoms with Crippen molar-refractivity contribution in [3.63, 3.8) is 0 Å². The highest BCUT2D eigenvalue weighted by molar-refractivity contribution is 5.70. The molecule has 1 unspecified atom stereocenters. The molecule has 1 aromatic rings. The third-order valence-corrected chi connectivity index (χ3v) is 3.06. The van der Waals surface area contributed by atoms with Gasteiger partial charge in [0.2, 0.25) is 0 Å². The first-order valence-electron chi connectivity index (χ1n) is 6.47. The lowest BCUT2D eigenvalue weighted by atomic mass is 9.94. The molecule has 0 aromatic heterocycles. The first-order chi connectivity index (χ1) is 8.56. The van der Waals surface area contributed by atoms with Gasteiger partial charge in [0.1, 0.15) is 0 Å². The largest absolute Gasteiger partial charge is 0.463 e. The molecule has 0 radical (unpaired) electrons. The number of fused-ring (bicyclic) bond motifs is 1. The van der Waals surface area contributed by atoms with Gasteiger partial charge in [-0.1, -0.05) is 23.8 Å². The van der Waals surface area contributed by atoms with Gasteiger partial charge in [0.25, 0.3) is 0 Å². The van der Waals surface area contributed by atoms with E-state index in [9.17, 15) is 4.79 Å². The molecule has 0 aliphatic carbocycles. The normalized spacial score (nSPS) is 18.6. The Bertz CT molecular complexity index is 437. The van der Waals surface area contributed by atoms with E-state index in [1.165, 1.54) is 11.1 Å². The van der Waals surface area contributed by atoms with Crippen molar-refractivity contribution in [1.29, 1.82) is 0 Å². The topological polar surface area (TPSA) is 35.5 Å². The maximum atomic E-state index is 11.7. The van der Waals surface area contributed by atoms with E-state index in [4.69, 9.17) is 9.47 Å². The van der Waals surface area contributed by atoms with Gasteiger partial charge in [-0.25, -0.2) is 0 Å².